The molecule has 3 rings (SSSR count). The summed E-state index contributed by atoms with van der Waals surface area (Å²) in [7, 11) is 3.09. The van der Waals surface area contributed by atoms with Gasteiger partial charge in [0.05, 0.1) is 19.9 Å². The molecule has 0 aliphatic rings. The van der Waals surface area contributed by atoms with Gasteiger partial charge in [0.2, 0.25) is 0 Å². The first-order chi connectivity index (χ1) is 13.7. The van der Waals surface area contributed by atoms with Gasteiger partial charge in [-0.1, -0.05) is 18.2 Å². The molecule has 0 unspecified atom stereocenters. The molecule has 1 N–H and O–H groups in total. The van der Waals surface area contributed by atoms with Gasteiger partial charge in [0.15, 0.2) is 6.61 Å². The third-order valence-electron chi connectivity index (χ3n) is 3.85. The highest BCUT2D eigenvalue weighted by molar-refractivity contribution is 5.93. The van der Waals surface area contributed by atoms with E-state index in [-0.39, 0.29) is 12.5 Å². The van der Waals surface area contributed by atoms with Crippen molar-refractivity contribution in [3.05, 3.63) is 72.8 Å². The molecule has 0 radical (unpaired) electrons. The lowest BCUT2D eigenvalue weighted by molar-refractivity contribution is -0.118. The second-order valence-corrected chi connectivity index (χ2v) is 5.79. The Kier molecular flexibility index (Phi) is 6.36. The molecule has 0 saturated heterocycles. The summed E-state index contributed by atoms with van der Waals surface area (Å²) in [5.41, 5.74) is 0.516. The number of rotatable bonds is 8. The van der Waals surface area contributed by atoms with Gasteiger partial charge in [0, 0.05) is 6.07 Å². The van der Waals surface area contributed by atoms with Crippen molar-refractivity contribution in [3.8, 4) is 28.7 Å². The number of para-hydroxylation sites is 1. The van der Waals surface area contributed by atoms with Crippen LogP contribution in [0.4, 0.5) is 5.69 Å². The Hall–Kier alpha value is -3.67. The Bertz CT molecular complexity index is 910. The van der Waals surface area contributed by atoms with Crippen LogP contribution < -0.4 is 24.3 Å². The van der Waals surface area contributed by atoms with Crippen molar-refractivity contribution in [2.24, 2.45) is 0 Å². The molecule has 0 spiro atoms. The van der Waals surface area contributed by atoms with Gasteiger partial charge in [0.1, 0.15) is 28.7 Å². The van der Waals surface area contributed by atoms with Gasteiger partial charge in [-0.3, -0.25) is 4.79 Å². The number of nitrogens with one attached hydrogen (secondary N) is 1. The van der Waals surface area contributed by atoms with Crippen molar-refractivity contribution in [2.75, 3.05) is 26.1 Å². The van der Waals surface area contributed by atoms with Crippen LogP contribution >= 0.6 is 0 Å². The predicted molar refractivity (Wildman–Crippen MR) is 107 cm³/mol. The number of carbonyl (C=O) groups excluding carboxylic acids is 1. The predicted octanol–water partition coefficient (Wildman–Crippen LogP) is 4.51. The molecule has 3 aromatic carbocycles. The maximum absolute atomic E-state index is 12.2. The van der Waals surface area contributed by atoms with E-state index in [1.807, 2.05) is 30.3 Å². The van der Waals surface area contributed by atoms with Crippen LogP contribution in [0.5, 0.6) is 28.7 Å². The first kappa shape index (κ1) is 19.1. The fourth-order valence-electron chi connectivity index (χ4n) is 2.48. The van der Waals surface area contributed by atoms with Crippen molar-refractivity contribution >= 4 is 11.6 Å². The zero-order valence-corrected chi connectivity index (χ0v) is 15.7. The van der Waals surface area contributed by atoms with Crippen LogP contribution in [0.3, 0.4) is 0 Å². The molecule has 0 aromatic heterocycles. The molecule has 0 atom stereocenters. The molecule has 0 fully saturated rings. The summed E-state index contributed by atoms with van der Waals surface area (Å²) in [4.78, 5) is 12.2. The van der Waals surface area contributed by atoms with Gasteiger partial charge in [-0.25, -0.2) is 0 Å². The van der Waals surface area contributed by atoms with Crippen LogP contribution in [-0.4, -0.2) is 26.7 Å². The average Bonchev–Trinajstić information content (AvgIpc) is 2.74. The number of hydrogen-bond donors (Lipinski definition) is 1. The van der Waals surface area contributed by atoms with Crippen LogP contribution in [-0.2, 0) is 4.79 Å². The van der Waals surface area contributed by atoms with E-state index >= 15 is 0 Å². The average molecular weight is 379 g/mol. The van der Waals surface area contributed by atoms with Crippen molar-refractivity contribution in [1.82, 2.24) is 0 Å². The fourth-order valence-corrected chi connectivity index (χ4v) is 2.48. The van der Waals surface area contributed by atoms with Crippen molar-refractivity contribution in [2.45, 2.75) is 0 Å². The first-order valence-corrected chi connectivity index (χ1v) is 8.65. The van der Waals surface area contributed by atoms with Crippen molar-refractivity contribution in [3.63, 3.8) is 0 Å². The molecule has 0 bridgehead atoms. The summed E-state index contributed by atoms with van der Waals surface area (Å²) < 4.78 is 21.7. The number of amides is 1. The van der Waals surface area contributed by atoms with Crippen LogP contribution in [0.1, 0.15) is 0 Å². The molecule has 1 amide bonds. The third-order valence-corrected chi connectivity index (χ3v) is 3.85. The maximum atomic E-state index is 12.2. The minimum absolute atomic E-state index is 0.140. The SMILES string of the molecule is COc1ccc(OC)c(NC(=O)COc2ccc(Oc3ccccc3)cc2)c1. The molecule has 0 saturated carbocycles. The van der Waals surface area contributed by atoms with E-state index < -0.39 is 0 Å². The normalized spacial score (nSPS) is 10.1. The first-order valence-electron chi connectivity index (χ1n) is 8.65. The van der Waals surface area contributed by atoms with E-state index in [9.17, 15) is 4.79 Å². The zero-order valence-electron chi connectivity index (χ0n) is 15.7. The number of carbonyl (C=O) groups is 1. The van der Waals surface area contributed by atoms with Gasteiger partial charge in [-0.2, -0.15) is 0 Å². The van der Waals surface area contributed by atoms with Crippen LogP contribution in [0, 0.1) is 0 Å². The molecule has 6 heteroatoms. The van der Waals surface area contributed by atoms with Crippen LogP contribution in [0.25, 0.3) is 0 Å². The molecule has 0 heterocycles. The van der Waals surface area contributed by atoms with E-state index in [1.165, 1.54) is 7.11 Å². The topological polar surface area (TPSA) is 66.0 Å². The molecule has 28 heavy (non-hydrogen) atoms. The van der Waals surface area contributed by atoms with E-state index in [1.54, 1.807) is 49.6 Å². The second kappa shape index (κ2) is 9.32. The Balaban J connectivity index is 1.55. The minimum Gasteiger partial charge on any atom is -0.497 e. The monoisotopic (exact) mass is 379 g/mol. The smallest absolute Gasteiger partial charge is 0.262 e. The Morgan fingerprint density at radius 2 is 1.43 bits per heavy atom. The van der Waals surface area contributed by atoms with Crippen LogP contribution in [0.15, 0.2) is 72.8 Å². The zero-order chi connectivity index (χ0) is 19.8. The number of hydrogen-bond acceptors (Lipinski definition) is 5. The van der Waals surface area contributed by atoms with E-state index in [4.69, 9.17) is 18.9 Å². The summed E-state index contributed by atoms with van der Waals surface area (Å²) in [6.07, 6.45) is 0. The number of ether oxygens (including phenoxy) is 4. The van der Waals surface area contributed by atoms with Gasteiger partial charge in [-0.05, 0) is 48.5 Å². The Morgan fingerprint density at radius 3 is 2.11 bits per heavy atom. The lowest BCUT2D eigenvalue weighted by atomic mass is 10.2. The van der Waals surface area contributed by atoms with Gasteiger partial charge in [-0.15, -0.1) is 0 Å². The van der Waals surface area contributed by atoms with E-state index in [0.717, 1.165) is 5.75 Å². The Labute approximate surface area is 163 Å². The lowest BCUT2D eigenvalue weighted by Gasteiger charge is -2.12. The minimum atomic E-state index is -0.309. The molecule has 0 aliphatic carbocycles. The molecule has 0 aliphatic heterocycles. The summed E-state index contributed by atoms with van der Waals surface area (Å²) in [5, 5.41) is 2.76. The largest absolute Gasteiger partial charge is 0.497 e. The maximum Gasteiger partial charge on any atom is 0.262 e. The number of anilines is 1. The number of methoxy groups -OCH3 is 2. The lowest BCUT2D eigenvalue weighted by Crippen LogP contribution is -2.20. The van der Waals surface area contributed by atoms with Crippen molar-refractivity contribution in [1.29, 1.82) is 0 Å². The fraction of sp³-hybridized carbons (Fsp3) is 0.136. The standard InChI is InChI=1S/C22H21NO5/c1-25-19-12-13-21(26-2)20(14-19)23-22(24)15-27-16-8-10-18(11-9-16)28-17-6-4-3-5-7-17/h3-14H,15H2,1-2H3,(H,23,24). The van der Waals surface area contributed by atoms with E-state index in [0.29, 0.717) is 28.7 Å². The molecule has 144 valence electrons. The highest BCUT2D eigenvalue weighted by Crippen LogP contribution is 2.29. The highest BCUT2D eigenvalue weighted by Gasteiger charge is 2.10. The molecule has 3 aromatic rings. The summed E-state index contributed by atoms with van der Waals surface area (Å²) in [6, 6.07) is 21.7. The summed E-state index contributed by atoms with van der Waals surface area (Å²) in [5.74, 6) is 2.85. The molecule has 6 nitrogen and oxygen atoms in total. The Morgan fingerprint density at radius 1 is 0.786 bits per heavy atom. The van der Waals surface area contributed by atoms with Gasteiger partial charge < -0.3 is 24.3 Å². The third kappa shape index (κ3) is 5.17. The van der Waals surface area contributed by atoms with E-state index in [2.05, 4.69) is 5.32 Å². The van der Waals surface area contributed by atoms with Crippen molar-refractivity contribution < 1.29 is 23.7 Å². The van der Waals surface area contributed by atoms with Crippen LogP contribution in [0.2, 0.25) is 0 Å². The second-order valence-electron chi connectivity index (χ2n) is 5.79. The summed E-state index contributed by atoms with van der Waals surface area (Å²) >= 11 is 0. The molecular formula is C22H21NO5. The summed E-state index contributed by atoms with van der Waals surface area (Å²) in [6.45, 7) is -0.140. The number of benzene rings is 3. The van der Waals surface area contributed by atoms with Gasteiger partial charge in [0.25, 0.3) is 5.91 Å². The highest BCUT2D eigenvalue weighted by atomic mass is 16.5. The quantitative estimate of drug-likeness (QED) is 0.624. The van der Waals surface area contributed by atoms with Gasteiger partial charge >= 0.3 is 0 Å². The molecular weight excluding hydrogens is 358 g/mol.